The molecule has 1 aromatic heterocycles. The average Bonchev–Trinajstić information content (AvgIpc) is 3.13. The van der Waals surface area contributed by atoms with Gasteiger partial charge in [0, 0.05) is 38.6 Å². The highest BCUT2D eigenvalue weighted by atomic mass is 16.5. The van der Waals surface area contributed by atoms with E-state index >= 15 is 0 Å². The largest absolute Gasteiger partial charge is 0.370 e. The van der Waals surface area contributed by atoms with Crippen LogP contribution in [0.2, 0.25) is 0 Å². The molecule has 2 aliphatic rings. The van der Waals surface area contributed by atoms with Crippen LogP contribution in [0.4, 0.5) is 0 Å². The first kappa shape index (κ1) is 19.1. The van der Waals surface area contributed by atoms with E-state index in [9.17, 15) is 4.79 Å². The molecule has 0 saturated carbocycles. The molecule has 0 aliphatic carbocycles. The van der Waals surface area contributed by atoms with Crippen molar-refractivity contribution < 1.29 is 9.53 Å². The molecule has 2 aromatic rings. The number of ether oxygens (including phenoxy) is 1. The van der Waals surface area contributed by atoms with Gasteiger partial charge in [0.15, 0.2) is 0 Å². The Morgan fingerprint density at radius 3 is 2.64 bits per heavy atom. The van der Waals surface area contributed by atoms with Crippen LogP contribution < -0.4 is 5.32 Å². The van der Waals surface area contributed by atoms with Gasteiger partial charge in [0.2, 0.25) is 5.91 Å². The second-order valence-corrected chi connectivity index (χ2v) is 8.07. The minimum absolute atomic E-state index is 0.0141. The van der Waals surface area contributed by atoms with Crippen LogP contribution in [0.15, 0.2) is 54.9 Å². The van der Waals surface area contributed by atoms with Crippen LogP contribution in [0, 0.1) is 0 Å². The first-order valence-electron chi connectivity index (χ1n) is 10.3. The van der Waals surface area contributed by atoms with Crippen LogP contribution in [0.3, 0.4) is 0 Å². The molecular formula is C23H29N3O2. The third kappa shape index (κ3) is 4.97. The van der Waals surface area contributed by atoms with E-state index in [4.69, 9.17) is 4.74 Å². The van der Waals surface area contributed by atoms with Gasteiger partial charge in [0.25, 0.3) is 0 Å². The Morgan fingerprint density at radius 1 is 1.11 bits per heavy atom. The van der Waals surface area contributed by atoms with Crippen molar-refractivity contribution in [3.8, 4) is 0 Å². The van der Waals surface area contributed by atoms with E-state index in [2.05, 4.69) is 21.3 Å². The lowest BCUT2D eigenvalue weighted by molar-refractivity contribution is -0.122. The van der Waals surface area contributed by atoms with E-state index in [1.807, 2.05) is 48.8 Å². The van der Waals surface area contributed by atoms with E-state index in [1.165, 1.54) is 5.56 Å². The lowest BCUT2D eigenvalue weighted by Crippen LogP contribution is -2.45. The number of nitrogens with zero attached hydrogens (tertiary/aromatic N) is 2. The first-order chi connectivity index (χ1) is 13.7. The summed E-state index contributed by atoms with van der Waals surface area (Å²) >= 11 is 0. The number of rotatable bonds is 6. The van der Waals surface area contributed by atoms with Crippen molar-refractivity contribution in [1.82, 2.24) is 15.2 Å². The van der Waals surface area contributed by atoms with Gasteiger partial charge >= 0.3 is 0 Å². The summed E-state index contributed by atoms with van der Waals surface area (Å²) in [6.07, 6.45) is 8.63. The number of pyridine rings is 1. The maximum Gasteiger partial charge on any atom is 0.224 e. The fraction of sp³-hybridized carbons (Fsp3) is 0.478. The van der Waals surface area contributed by atoms with Crippen LogP contribution >= 0.6 is 0 Å². The van der Waals surface area contributed by atoms with Gasteiger partial charge in [-0.15, -0.1) is 0 Å². The minimum Gasteiger partial charge on any atom is -0.370 e. The Hall–Kier alpha value is -2.24. The Kier molecular flexibility index (Phi) is 6.03. The monoisotopic (exact) mass is 379 g/mol. The highest BCUT2D eigenvalue weighted by Gasteiger charge is 2.42. The molecule has 5 heteroatoms. The second kappa shape index (κ2) is 8.84. The smallest absolute Gasteiger partial charge is 0.224 e. The molecule has 28 heavy (non-hydrogen) atoms. The van der Waals surface area contributed by atoms with Gasteiger partial charge in [-0.3, -0.25) is 14.7 Å². The predicted octanol–water partition coefficient (Wildman–Crippen LogP) is 2.95. The average molecular weight is 380 g/mol. The molecule has 1 N–H and O–H groups in total. The van der Waals surface area contributed by atoms with Crippen molar-refractivity contribution in [1.29, 1.82) is 0 Å². The summed E-state index contributed by atoms with van der Waals surface area (Å²) in [5, 5.41) is 3.06. The Balaban J connectivity index is 1.19. The van der Waals surface area contributed by atoms with Crippen molar-refractivity contribution in [3.05, 3.63) is 66.0 Å². The van der Waals surface area contributed by atoms with Crippen LogP contribution in [-0.2, 0) is 22.5 Å². The minimum atomic E-state index is 0.0141. The van der Waals surface area contributed by atoms with Crippen LogP contribution in [0.5, 0.6) is 0 Å². The number of piperidine rings is 1. The SMILES string of the molecule is O=C(Cc1ccccc1)NC[C@H]1CCC2(CCN(Cc3cccnc3)CC2)O1. The van der Waals surface area contributed by atoms with Crippen molar-refractivity contribution >= 4 is 5.91 Å². The number of carbonyl (C=O) groups excluding carboxylic acids is 1. The van der Waals surface area contributed by atoms with E-state index < -0.39 is 0 Å². The molecule has 2 saturated heterocycles. The summed E-state index contributed by atoms with van der Waals surface area (Å²) in [7, 11) is 0. The highest BCUT2D eigenvalue weighted by molar-refractivity contribution is 5.78. The number of likely N-dealkylation sites (tertiary alicyclic amines) is 1. The molecule has 2 fully saturated rings. The lowest BCUT2D eigenvalue weighted by Gasteiger charge is -2.39. The molecule has 148 valence electrons. The maximum absolute atomic E-state index is 12.2. The summed E-state index contributed by atoms with van der Waals surface area (Å²) in [5.74, 6) is 0.0713. The number of aromatic nitrogens is 1. The molecule has 1 amide bonds. The van der Waals surface area contributed by atoms with Crippen LogP contribution in [0.25, 0.3) is 0 Å². The topological polar surface area (TPSA) is 54.5 Å². The van der Waals surface area contributed by atoms with E-state index in [1.54, 1.807) is 0 Å². The second-order valence-electron chi connectivity index (χ2n) is 8.07. The fourth-order valence-corrected chi connectivity index (χ4v) is 4.35. The molecule has 0 unspecified atom stereocenters. The normalized spacial score (nSPS) is 21.6. The third-order valence-electron chi connectivity index (χ3n) is 5.97. The number of amides is 1. The quantitative estimate of drug-likeness (QED) is 0.838. The molecule has 0 bridgehead atoms. The van der Waals surface area contributed by atoms with Gasteiger partial charge in [-0.05, 0) is 42.9 Å². The molecule has 5 nitrogen and oxygen atoms in total. The number of benzene rings is 1. The van der Waals surface area contributed by atoms with Gasteiger partial charge in [0.1, 0.15) is 0 Å². The zero-order chi connectivity index (χ0) is 19.2. The molecule has 1 atom stereocenters. The number of nitrogens with one attached hydrogen (secondary N) is 1. The fourth-order valence-electron chi connectivity index (χ4n) is 4.35. The lowest BCUT2D eigenvalue weighted by atomic mass is 9.88. The van der Waals surface area contributed by atoms with Crippen molar-refractivity contribution in [3.63, 3.8) is 0 Å². The molecule has 4 rings (SSSR count). The Labute approximate surface area is 167 Å². The Morgan fingerprint density at radius 2 is 1.89 bits per heavy atom. The highest BCUT2D eigenvalue weighted by Crippen LogP contribution is 2.38. The van der Waals surface area contributed by atoms with Crippen molar-refractivity contribution in [2.75, 3.05) is 19.6 Å². The number of hydrogen-bond acceptors (Lipinski definition) is 4. The van der Waals surface area contributed by atoms with E-state index in [0.29, 0.717) is 13.0 Å². The van der Waals surface area contributed by atoms with Gasteiger partial charge in [-0.1, -0.05) is 36.4 Å². The van der Waals surface area contributed by atoms with Gasteiger partial charge in [-0.2, -0.15) is 0 Å². The standard InChI is InChI=1S/C23H29N3O2/c27-22(15-19-5-2-1-3-6-19)25-17-21-8-9-23(28-21)10-13-26(14-11-23)18-20-7-4-12-24-16-20/h1-7,12,16,21H,8-11,13-15,17-18H2,(H,25,27)/t21-/m1/s1. The zero-order valence-electron chi connectivity index (χ0n) is 16.3. The van der Waals surface area contributed by atoms with Gasteiger partial charge in [-0.25, -0.2) is 0 Å². The van der Waals surface area contributed by atoms with Gasteiger partial charge in [0.05, 0.1) is 18.1 Å². The first-order valence-corrected chi connectivity index (χ1v) is 10.3. The van der Waals surface area contributed by atoms with Crippen LogP contribution in [-0.4, -0.2) is 47.1 Å². The summed E-state index contributed by atoms with van der Waals surface area (Å²) < 4.78 is 6.44. The number of carbonyl (C=O) groups is 1. The summed E-state index contributed by atoms with van der Waals surface area (Å²) in [5.41, 5.74) is 2.33. The molecule has 0 radical (unpaired) electrons. The van der Waals surface area contributed by atoms with Crippen molar-refractivity contribution in [2.24, 2.45) is 0 Å². The predicted molar refractivity (Wildman–Crippen MR) is 109 cm³/mol. The summed E-state index contributed by atoms with van der Waals surface area (Å²) in [4.78, 5) is 18.9. The van der Waals surface area contributed by atoms with Crippen molar-refractivity contribution in [2.45, 2.75) is 50.4 Å². The molecule has 3 heterocycles. The van der Waals surface area contributed by atoms with Gasteiger partial charge < -0.3 is 10.1 Å². The maximum atomic E-state index is 12.2. The summed E-state index contributed by atoms with van der Waals surface area (Å²) in [6, 6.07) is 14.0. The molecular weight excluding hydrogens is 350 g/mol. The van der Waals surface area contributed by atoms with E-state index in [-0.39, 0.29) is 17.6 Å². The third-order valence-corrected chi connectivity index (χ3v) is 5.97. The van der Waals surface area contributed by atoms with E-state index in [0.717, 1.165) is 50.9 Å². The molecule has 2 aliphatic heterocycles. The Bertz CT molecular complexity index is 758. The molecule has 1 spiro atoms. The number of hydrogen-bond donors (Lipinski definition) is 1. The zero-order valence-corrected chi connectivity index (χ0v) is 16.3. The summed E-state index contributed by atoms with van der Waals surface area (Å²) in [6.45, 7) is 3.69. The van der Waals surface area contributed by atoms with Crippen LogP contribution in [0.1, 0.15) is 36.8 Å². The molecule has 1 aromatic carbocycles.